The Balaban J connectivity index is 1.77. The summed E-state index contributed by atoms with van der Waals surface area (Å²) in [6.07, 6.45) is 12.4. The lowest BCUT2D eigenvalue weighted by atomic mass is 9.88. The van der Waals surface area contributed by atoms with Gasteiger partial charge in [0.2, 0.25) is 5.91 Å². The van der Waals surface area contributed by atoms with Crippen LogP contribution in [0, 0.1) is 5.92 Å². The van der Waals surface area contributed by atoms with Gasteiger partial charge in [-0.05, 0) is 48.9 Å². The van der Waals surface area contributed by atoms with Crippen molar-refractivity contribution in [3.63, 3.8) is 0 Å². The maximum absolute atomic E-state index is 12.6. The van der Waals surface area contributed by atoms with Crippen LogP contribution in [0.5, 0.6) is 0 Å². The van der Waals surface area contributed by atoms with Gasteiger partial charge in [-0.25, -0.2) is 0 Å². The first-order valence-electron chi connectivity index (χ1n) is 7.83. The molecule has 1 saturated carbocycles. The van der Waals surface area contributed by atoms with Gasteiger partial charge >= 0.3 is 0 Å². The Bertz CT molecular complexity index is 526. The lowest BCUT2D eigenvalue weighted by Crippen LogP contribution is -2.34. The topological polar surface area (TPSA) is 20.3 Å². The molecule has 0 N–H and O–H groups in total. The van der Waals surface area contributed by atoms with Crippen LogP contribution >= 0.6 is 0 Å². The van der Waals surface area contributed by atoms with E-state index in [0.29, 0.717) is 5.91 Å². The molecule has 20 heavy (non-hydrogen) atoms. The molecule has 0 saturated heterocycles. The third kappa shape index (κ3) is 2.65. The third-order valence-electron chi connectivity index (χ3n) is 4.68. The average molecular weight is 269 g/mol. The second-order valence-electron chi connectivity index (χ2n) is 6.06. The van der Waals surface area contributed by atoms with Crippen molar-refractivity contribution >= 4 is 17.7 Å². The van der Waals surface area contributed by atoms with Crippen molar-refractivity contribution in [2.24, 2.45) is 5.92 Å². The summed E-state index contributed by atoms with van der Waals surface area (Å²) in [5.74, 6) is 0.542. The van der Waals surface area contributed by atoms with Gasteiger partial charge in [-0.15, -0.1) is 0 Å². The molecule has 1 aromatic carbocycles. The maximum atomic E-state index is 12.6. The van der Waals surface area contributed by atoms with Crippen molar-refractivity contribution in [2.45, 2.75) is 44.9 Å². The zero-order valence-electron chi connectivity index (χ0n) is 12.3. The van der Waals surface area contributed by atoms with E-state index in [2.05, 4.69) is 30.4 Å². The second-order valence-corrected chi connectivity index (χ2v) is 6.06. The lowest BCUT2D eigenvalue weighted by Gasteiger charge is -2.27. The summed E-state index contributed by atoms with van der Waals surface area (Å²) in [6.45, 7) is 0. The molecule has 2 aliphatic rings. The predicted octanol–water partition coefficient (Wildman–Crippen LogP) is 4.19. The van der Waals surface area contributed by atoms with Crippen LogP contribution in [0.2, 0.25) is 0 Å². The molecule has 0 atom stereocenters. The molecule has 0 aromatic heterocycles. The van der Waals surface area contributed by atoms with Gasteiger partial charge in [-0.3, -0.25) is 4.79 Å². The van der Waals surface area contributed by atoms with Crippen LogP contribution in [0.15, 0.2) is 24.3 Å². The summed E-state index contributed by atoms with van der Waals surface area (Å²) in [4.78, 5) is 14.4. The number of anilines is 1. The zero-order chi connectivity index (χ0) is 13.9. The van der Waals surface area contributed by atoms with Crippen LogP contribution in [0.3, 0.4) is 0 Å². The maximum Gasteiger partial charge on any atom is 0.229 e. The first-order valence-corrected chi connectivity index (χ1v) is 7.83. The average Bonchev–Trinajstić information content (AvgIpc) is 2.54. The van der Waals surface area contributed by atoms with Gasteiger partial charge in [0.25, 0.3) is 0 Å². The molecule has 1 aromatic rings. The van der Waals surface area contributed by atoms with Gasteiger partial charge in [0.15, 0.2) is 0 Å². The number of aryl methyl sites for hydroxylation is 1. The molecule has 106 valence electrons. The molecule has 2 nitrogen and oxygen atoms in total. The van der Waals surface area contributed by atoms with Gasteiger partial charge in [0, 0.05) is 18.7 Å². The van der Waals surface area contributed by atoms with E-state index < -0.39 is 0 Å². The van der Waals surface area contributed by atoms with Crippen molar-refractivity contribution in [1.82, 2.24) is 0 Å². The normalized spacial score (nSPS) is 18.6. The first kappa shape index (κ1) is 13.4. The molecule has 2 heteroatoms. The largest absolute Gasteiger partial charge is 0.315 e. The number of hydrogen-bond donors (Lipinski definition) is 0. The molecule has 1 amide bonds. The van der Waals surface area contributed by atoms with Gasteiger partial charge in [-0.2, -0.15) is 0 Å². The fraction of sp³-hybridized carbons (Fsp3) is 0.500. The smallest absolute Gasteiger partial charge is 0.229 e. The third-order valence-corrected chi connectivity index (χ3v) is 4.68. The van der Waals surface area contributed by atoms with Gasteiger partial charge in [0.1, 0.15) is 0 Å². The Kier molecular flexibility index (Phi) is 3.90. The fourth-order valence-corrected chi connectivity index (χ4v) is 3.38. The fourth-order valence-electron chi connectivity index (χ4n) is 3.38. The number of allylic oxidation sites excluding steroid dienone is 1. The number of benzene rings is 1. The molecule has 1 fully saturated rings. The molecular formula is C18H23NO. The molecule has 0 heterocycles. The minimum Gasteiger partial charge on any atom is -0.315 e. The van der Waals surface area contributed by atoms with Gasteiger partial charge < -0.3 is 4.90 Å². The van der Waals surface area contributed by atoms with E-state index in [-0.39, 0.29) is 5.92 Å². The van der Waals surface area contributed by atoms with Crippen molar-refractivity contribution in [2.75, 3.05) is 11.9 Å². The van der Waals surface area contributed by atoms with Crippen molar-refractivity contribution in [3.05, 3.63) is 35.4 Å². The lowest BCUT2D eigenvalue weighted by molar-refractivity contribution is -0.123. The summed E-state index contributed by atoms with van der Waals surface area (Å²) < 4.78 is 0. The first-order chi connectivity index (χ1) is 9.75. The van der Waals surface area contributed by atoms with Crippen LogP contribution in [0.1, 0.15) is 49.7 Å². The number of hydrogen-bond acceptors (Lipinski definition) is 1. The molecule has 0 unspecified atom stereocenters. The Hall–Kier alpha value is -1.57. The van der Waals surface area contributed by atoms with E-state index in [0.717, 1.165) is 31.4 Å². The highest BCUT2D eigenvalue weighted by atomic mass is 16.2. The van der Waals surface area contributed by atoms with E-state index in [1.165, 1.54) is 30.4 Å². The van der Waals surface area contributed by atoms with E-state index in [4.69, 9.17) is 0 Å². The molecular weight excluding hydrogens is 246 g/mol. The SMILES string of the molecule is CN(C(=O)C1CCCCC1)c1ccc2c(c1)CCC=C2. The molecule has 3 rings (SSSR count). The molecule has 2 aliphatic carbocycles. The Morgan fingerprint density at radius 3 is 2.80 bits per heavy atom. The van der Waals surface area contributed by atoms with Crippen LogP contribution in [0.4, 0.5) is 5.69 Å². The number of fused-ring (bicyclic) bond motifs is 1. The number of amides is 1. The quantitative estimate of drug-likeness (QED) is 0.788. The molecule has 0 aliphatic heterocycles. The second kappa shape index (κ2) is 5.82. The molecule has 0 bridgehead atoms. The van der Waals surface area contributed by atoms with Crippen LogP contribution < -0.4 is 4.90 Å². The standard InChI is InChI=1S/C18H23NO/c1-19(18(20)15-8-3-2-4-9-15)17-12-11-14-7-5-6-10-16(14)13-17/h5,7,11-13,15H,2-4,6,8-10H2,1H3. The van der Waals surface area contributed by atoms with Crippen LogP contribution in [0.25, 0.3) is 6.08 Å². The van der Waals surface area contributed by atoms with Crippen LogP contribution in [-0.2, 0) is 11.2 Å². The van der Waals surface area contributed by atoms with Crippen molar-refractivity contribution in [3.8, 4) is 0 Å². The summed E-state index contributed by atoms with van der Waals surface area (Å²) in [5.41, 5.74) is 3.72. The summed E-state index contributed by atoms with van der Waals surface area (Å²) in [7, 11) is 1.93. The van der Waals surface area contributed by atoms with Crippen molar-refractivity contribution in [1.29, 1.82) is 0 Å². The Labute approximate surface area is 121 Å². The number of rotatable bonds is 2. The minimum atomic E-state index is 0.240. The van der Waals surface area contributed by atoms with Crippen LogP contribution in [-0.4, -0.2) is 13.0 Å². The number of nitrogens with zero attached hydrogens (tertiary/aromatic N) is 1. The monoisotopic (exact) mass is 269 g/mol. The summed E-state index contributed by atoms with van der Waals surface area (Å²) in [6, 6.07) is 6.42. The highest BCUT2D eigenvalue weighted by Gasteiger charge is 2.25. The summed E-state index contributed by atoms with van der Waals surface area (Å²) in [5, 5.41) is 0. The van der Waals surface area contributed by atoms with Gasteiger partial charge in [0.05, 0.1) is 0 Å². The van der Waals surface area contributed by atoms with E-state index >= 15 is 0 Å². The highest BCUT2D eigenvalue weighted by molar-refractivity contribution is 5.94. The number of carbonyl (C=O) groups excluding carboxylic acids is 1. The van der Waals surface area contributed by atoms with Crippen molar-refractivity contribution < 1.29 is 4.79 Å². The highest BCUT2D eigenvalue weighted by Crippen LogP contribution is 2.29. The Morgan fingerprint density at radius 2 is 2.00 bits per heavy atom. The summed E-state index contributed by atoms with van der Waals surface area (Å²) >= 11 is 0. The minimum absolute atomic E-state index is 0.240. The molecule has 0 spiro atoms. The number of carbonyl (C=O) groups is 1. The predicted molar refractivity (Wildman–Crippen MR) is 83.8 cm³/mol. The zero-order valence-corrected chi connectivity index (χ0v) is 12.3. The Morgan fingerprint density at radius 1 is 1.20 bits per heavy atom. The van der Waals surface area contributed by atoms with Gasteiger partial charge in [-0.1, -0.05) is 37.5 Å². The van der Waals surface area contributed by atoms with E-state index in [9.17, 15) is 4.79 Å². The van der Waals surface area contributed by atoms with E-state index in [1.807, 2.05) is 11.9 Å². The molecule has 0 radical (unpaired) electrons. The van der Waals surface area contributed by atoms with E-state index in [1.54, 1.807) is 0 Å².